The zero-order chi connectivity index (χ0) is 15.4. The van der Waals surface area contributed by atoms with Gasteiger partial charge in [-0.2, -0.15) is 0 Å². The number of fused-ring (bicyclic) bond motifs is 1. The lowest BCUT2D eigenvalue weighted by atomic mass is 10.1. The molecule has 0 amide bonds. The molecule has 3 aromatic heterocycles. The summed E-state index contributed by atoms with van der Waals surface area (Å²) in [5.41, 5.74) is 6.05. The number of methoxy groups -OCH3 is 1. The molecule has 0 saturated carbocycles. The second kappa shape index (κ2) is 6.83. The SMILES string of the molecule is CC.CO[C@H](C)c1cc(-c2cncs2)cn2cc(C)nc12. The van der Waals surface area contributed by atoms with E-state index in [2.05, 4.69) is 26.6 Å². The van der Waals surface area contributed by atoms with Crippen molar-refractivity contribution < 1.29 is 4.74 Å². The predicted molar refractivity (Wildman–Crippen MR) is 87.8 cm³/mol. The van der Waals surface area contributed by atoms with Gasteiger partial charge in [-0.05, 0) is 19.9 Å². The Kier molecular flexibility index (Phi) is 5.09. The predicted octanol–water partition coefficient (Wildman–Crippen LogP) is 4.50. The Morgan fingerprint density at radius 2 is 2.05 bits per heavy atom. The normalized spacial score (nSPS) is 12.0. The number of aryl methyl sites for hydroxylation is 1. The molecule has 0 N–H and O–H groups in total. The molecule has 0 aromatic carbocycles. The van der Waals surface area contributed by atoms with Crippen LogP contribution in [0.4, 0.5) is 0 Å². The Labute approximate surface area is 129 Å². The smallest absolute Gasteiger partial charge is 0.142 e. The van der Waals surface area contributed by atoms with E-state index in [1.165, 1.54) is 0 Å². The molecule has 1 atom stereocenters. The van der Waals surface area contributed by atoms with Crippen LogP contribution in [0.3, 0.4) is 0 Å². The molecule has 0 radical (unpaired) electrons. The topological polar surface area (TPSA) is 39.4 Å². The number of pyridine rings is 1. The first kappa shape index (κ1) is 15.7. The van der Waals surface area contributed by atoms with Gasteiger partial charge in [0.25, 0.3) is 0 Å². The van der Waals surface area contributed by atoms with Crippen LogP contribution >= 0.6 is 11.3 Å². The van der Waals surface area contributed by atoms with Crippen LogP contribution in [0, 0.1) is 6.92 Å². The van der Waals surface area contributed by atoms with Crippen molar-refractivity contribution in [3.8, 4) is 10.4 Å². The highest BCUT2D eigenvalue weighted by Gasteiger charge is 2.14. The minimum Gasteiger partial charge on any atom is -0.377 e. The number of rotatable bonds is 3. The van der Waals surface area contributed by atoms with Crippen molar-refractivity contribution in [3.63, 3.8) is 0 Å². The largest absolute Gasteiger partial charge is 0.377 e. The number of thiazole rings is 1. The van der Waals surface area contributed by atoms with Crippen LogP contribution in [0.15, 0.2) is 30.2 Å². The lowest BCUT2D eigenvalue weighted by molar-refractivity contribution is 0.120. The summed E-state index contributed by atoms with van der Waals surface area (Å²) in [7, 11) is 1.72. The van der Waals surface area contributed by atoms with Crippen molar-refractivity contribution >= 4 is 17.0 Å². The second-order valence-corrected chi connectivity index (χ2v) is 5.43. The third-order valence-electron chi connectivity index (χ3n) is 3.21. The Bertz CT molecular complexity index is 704. The molecule has 0 saturated heterocycles. The fourth-order valence-corrected chi connectivity index (χ4v) is 2.77. The van der Waals surface area contributed by atoms with E-state index < -0.39 is 0 Å². The quantitative estimate of drug-likeness (QED) is 0.715. The number of nitrogens with zero attached hydrogens (tertiary/aromatic N) is 3. The minimum atomic E-state index is 0.0113. The Balaban J connectivity index is 0.000000774. The van der Waals surface area contributed by atoms with Crippen molar-refractivity contribution in [1.82, 2.24) is 14.4 Å². The molecule has 3 heterocycles. The summed E-state index contributed by atoms with van der Waals surface area (Å²) >= 11 is 1.63. The maximum Gasteiger partial charge on any atom is 0.142 e. The van der Waals surface area contributed by atoms with Gasteiger partial charge in [0.1, 0.15) is 5.65 Å². The van der Waals surface area contributed by atoms with Gasteiger partial charge in [-0.15, -0.1) is 11.3 Å². The van der Waals surface area contributed by atoms with Crippen molar-refractivity contribution in [2.45, 2.75) is 33.8 Å². The van der Waals surface area contributed by atoms with Crippen molar-refractivity contribution in [2.24, 2.45) is 0 Å². The average molecular weight is 303 g/mol. The summed E-state index contributed by atoms with van der Waals surface area (Å²) in [5.74, 6) is 0. The van der Waals surface area contributed by atoms with Crippen LogP contribution in [0.5, 0.6) is 0 Å². The van der Waals surface area contributed by atoms with Crippen molar-refractivity contribution in [1.29, 1.82) is 0 Å². The van der Waals surface area contributed by atoms with E-state index in [9.17, 15) is 0 Å². The van der Waals surface area contributed by atoms with Gasteiger partial charge in [-0.3, -0.25) is 4.98 Å². The first-order chi connectivity index (χ1) is 10.2. The number of imidazole rings is 1. The Morgan fingerprint density at radius 1 is 1.29 bits per heavy atom. The molecule has 3 aromatic rings. The molecule has 0 aliphatic carbocycles. The third kappa shape index (κ3) is 3.14. The van der Waals surface area contributed by atoms with Crippen LogP contribution in [0.25, 0.3) is 16.1 Å². The van der Waals surface area contributed by atoms with Gasteiger partial charge in [-0.25, -0.2) is 4.98 Å². The van der Waals surface area contributed by atoms with E-state index in [1.54, 1.807) is 18.4 Å². The zero-order valence-electron chi connectivity index (χ0n) is 13.1. The fourth-order valence-electron chi connectivity index (χ4n) is 2.17. The molecule has 0 unspecified atom stereocenters. The molecule has 0 spiro atoms. The van der Waals surface area contributed by atoms with Gasteiger partial charge in [0.05, 0.1) is 22.2 Å². The molecule has 3 rings (SSSR count). The van der Waals surface area contributed by atoms with Crippen LogP contribution in [0.1, 0.15) is 38.1 Å². The van der Waals surface area contributed by atoms with Crippen LogP contribution in [-0.4, -0.2) is 21.5 Å². The summed E-state index contributed by atoms with van der Waals surface area (Å²) in [6, 6.07) is 2.14. The van der Waals surface area contributed by atoms with E-state index in [0.717, 1.165) is 27.3 Å². The number of aromatic nitrogens is 3. The lowest BCUT2D eigenvalue weighted by Crippen LogP contribution is -2.00. The standard InChI is InChI=1S/C14H15N3OS.C2H6/c1-9-6-17-7-11(13-5-15-8-19-13)4-12(10(2)18-3)14(17)16-9;1-2/h4-8,10H,1-3H3;1-2H3/t10-;/m1./s1. The maximum absolute atomic E-state index is 5.46. The lowest BCUT2D eigenvalue weighted by Gasteiger charge is -2.12. The third-order valence-corrected chi connectivity index (χ3v) is 4.03. The molecule has 112 valence electrons. The highest BCUT2D eigenvalue weighted by Crippen LogP contribution is 2.29. The van der Waals surface area contributed by atoms with E-state index in [-0.39, 0.29) is 6.10 Å². The number of ether oxygens (including phenoxy) is 1. The summed E-state index contributed by atoms with van der Waals surface area (Å²) in [6.07, 6.45) is 6.02. The van der Waals surface area contributed by atoms with Gasteiger partial charge in [0.15, 0.2) is 0 Å². The van der Waals surface area contributed by atoms with E-state index in [0.29, 0.717) is 0 Å². The Hall–Kier alpha value is -1.72. The van der Waals surface area contributed by atoms with Crippen molar-refractivity contribution in [3.05, 3.63) is 41.4 Å². The highest BCUT2D eigenvalue weighted by atomic mass is 32.1. The van der Waals surface area contributed by atoms with Gasteiger partial charge < -0.3 is 9.14 Å². The summed E-state index contributed by atoms with van der Waals surface area (Å²) < 4.78 is 7.53. The minimum absolute atomic E-state index is 0.0113. The molecule has 0 aliphatic rings. The highest BCUT2D eigenvalue weighted by molar-refractivity contribution is 7.13. The molecule has 0 bridgehead atoms. The van der Waals surface area contributed by atoms with E-state index in [1.807, 2.05) is 45.6 Å². The molecule has 0 aliphatic heterocycles. The summed E-state index contributed by atoms with van der Waals surface area (Å²) in [6.45, 7) is 8.04. The first-order valence-electron chi connectivity index (χ1n) is 7.10. The van der Waals surface area contributed by atoms with Crippen molar-refractivity contribution in [2.75, 3.05) is 7.11 Å². The number of hydrogen-bond donors (Lipinski definition) is 0. The summed E-state index contributed by atoms with van der Waals surface area (Å²) in [5, 5.41) is 0. The summed E-state index contributed by atoms with van der Waals surface area (Å²) in [4.78, 5) is 9.87. The van der Waals surface area contributed by atoms with Crippen LogP contribution < -0.4 is 0 Å². The van der Waals surface area contributed by atoms with E-state index >= 15 is 0 Å². The molecule has 21 heavy (non-hydrogen) atoms. The molecule has 5 heteroatoms. The maximum atomic E-state index is 5.46. The van der Waals surface area contributed by atoms with Gasteiger partial charge in [0.2, 0.25) is 0 Å². The fraction of sp³-hybridized carbons (Fsp3) is 0.375. The van der Waals surface area contributed by atoms with E-state index in [4.69, 9.17) is 4.74 Å². The zero-order valence-corrected chi connectivity index (χ0v) is 13.9. The molecule has 4 nitrogen and oxygen atoms in total. The average Bonchev–Trinajstić information content (AvgIpc) is 3.15. The molecular formula is C16H21N3OS. The molecular weight excluding hydrogens is 282 g/mol. The van der Waals surface area contributed by atoms with Gasteiger partial charge in [0, 0.05) is 36.8 Å². The monoisotopic (exact) mass is 303 g/mol. The first-order valence-corrected chi connectivity index (χ1v) is 7.98. The van der Waals surface area contributed by atoms with Gasteiger partial charge >= 0.3 is 0 Å². The second-order valence-electron chi connectivity index (χ2n) is 4.54. The van der Waals surface area contributed by atoms with Crippen LogP contribution in [0.2, 0.25) is 0 Å². The van der Waals surface area contributed by atoms with Gasteiger partial charge in [-0.1, -0.05) is 13.8 Å². The molecule has 0 fully saturated rings. The Morgan fingerprint density at radius 3 is 2.67 bits per heavy atom. The van der Waals surface area contributed by atoms with Crippen LogP contribution in [-0.2, 0) is 4.74 Å². The number of hydrogen-bond acceptors (Lipinski definition) is 4.